The molecule has 0 bridgehead atoms. The number of aromatic nitrogens is 1. The van der Waals surface area contributed by atoms with Crippen LogP contribution in [0.4, 0.5) is 5.13 Å². The van der Waals surface area contributed by atoms with Gasteiger partial charge in [0.25, 0.3) is 0 Å². The van der Waals surface area contributed by atoms with Crippen LogP contribution < -0.4 is 10.1 Å². The van der Waals surface area contributed by atoms with E-state index in [9.17, 15) is 0 Å². The predicted octanol–water partition coefficient (Wildman–Crippen LogP) is 6.83. The van der Waals surface area contributed by atoms with Crippen molar-refractivity contribution in [3.8, 4) is 27.6 Å². The molecule has 0 N–H and O–H groups in total. The lowest BCUT2D eigenvalue weighted by atomic mass is 10.1. The molecule has 0 radical (unpaired) electrons. The van der Waals surface area contributed by atoms with E-state index in [2.05, 4.69) is 13.0 Å². The molecule has 2 aromatic carbocycles. The van der Waals surface area contributed by atoms with Gasteiger partial charge in [0, 0.05) is 21.9 Å². The molecule has 0 aliphatic carbocycles. The molecule has 0 saturated heterocycles. The first-order valence-electron chi connectivity index (χ1n) is 9.44. The maximum atomic E-state index is 6.13. The Morgan fingerprint density at radius 3 is 2.60 bits per heavy atom. The first-order valence-corrected chi connectivity index (χ1v) is 11.1. The van der Waals surface area contributed by atoms with Gasteiger partial charge in [-0.25, -0.2) is 9.98 Å². The molecule has 6 heteroatoms. The Morgan fingerprint density at radius 2 is 1.83 bits per heavy atom. The van der Waals surface area contributed by atoms with Crippen LogP contribution in [-0.2, 0) is 0 Å². The number of benzene rings is 2. The molecular weight excluding hydrogens is 412 g/mol. The van der Waals surface area contributed by atoms with E-state index in [0.717, 1.165) is 54.0 Å². The van der Waals surface area contributed by atoms with Gasteiger partial charge in [0.05, 0.1) is 23.0 Å². The molecule has 0 unspecified atom stereocenters. The average Bonchev–Trinajstić information content (AvgIpc) is 3.44. The Morgan fingerprint density at radius 1 is 1.00 bits per heavy atom. The van der Waals surface area contributed by atoms with Crippen LogP contribution in [0.5, 0.6) is 5.75 Å². The summed E-state index contributed by atoms with van der Waals surface area (Å²) in [4.78, 5) is 11.9. The summed E-state index contributed by atoms with van der Waals surface area (Å²) in [6, 6.07) is 22.0. The van der Waals surface area contributed by atoms with Gasteiger partial charge in [-0.05, 0) is 54.8 Å². The van der Waals surface area contributed by atoms with Crippen molar-refractivity contribution in [1.82, 2.24) is 4.98 Å². The smallest absolute Gasteiger partial charge is 0.210 e. The molecule has 3 aromatic heterocycles. The fourth-order valence-electron chi connectivity index (χ4n) is 3.30. The van der Waals surface area contributed by atoms with Crippen LogP contribution in [0.15, 0.2) is 81.5 Å². The average molecular weight is 431 g/mol. The normalized spacial score (nSPS) is 11.9. The van der Waals surface area contributed by atoms with E-state index in [0.29, 0.717) is 0 Å². The summed E-state index contributed by atoms with van der Waals surface area (Å²) >= 11 is 3.24. The largest absolute Gasteiger partial charge is 0.497 e. The van der Waals surface area contributed by atoms with Crippen molar-refractivity contribution in [1.29, 1.82) is 0 Å². The summed E-state index contributed by atoms with van der Waals surface area (Å²) in [5.74, 6) is 1.64. The number of thiazole rings is 1. The Bertz CT molecular complexity index is 1380. The zero-order chi connectivity index (χ0) is 20.5. The van der Waals surface area contributed by atoms with E-state index in [1.165, 1.54) is 0 Å². The fraction of sp³-hybridized carbons (Fsp3) is 0.0833. The van der Waals surface area contributed by atoms with Crippen LogP contribution in [0, 0.1) is 6.92 Å². The third-order valence-electron chi connectivity index (χ3n) is 4.78. The monoisotopic (exact) mass is 430 g/mol. The molecule has 3 heterocycles. The quantitative estimate of drug-likeness (QED) is 0.314. The van der Waals surface area contributed by atoms with Gasteiger partial charge >= 0.3 is 0 Å². The molecule has 5 rings (SSSR count). The van der Waals surface area contributed by atoms with Crippen molar-refractivity contribution < 1.29 is 9.15 Å². The molecule has 5 aromatic rings. The molecule has 0 aliphatic rings. The minimum absolute atomic E-state index is 0.729. The number of hydrogen-bond acceptors (Lipinski definition) is 6. The number of aryl methyl sites for hydroxylation is 1. The third-order valence-corrected chi connectivity index (χ3v) is 6.53. The number of methoxy groups -OCH3 is 1. The molecule has 30 heavy (non-hydrogen) atoms. The summed E-state index contributed by atoms with van der Waals surface area (Å²) in [5, 5.41) is 4.60. The Balaban J connectivity index is 1.64. The zero-order valence-electron chi connectivity index (χ0n) is 16.5. The molecular formula is C24H18N2O2S2. The second-order valence-corrected chi connectivity index (χ2v) is 8.84. The van der Waals surface area contributed by atoms with Crippen LogP contribution in [0.2, 0.25) is 0 Å². The number of hydrogen-bond donors (Lipinski definition) is 0. The van der Waals surface area contributed by atoms with E-state index >= 15 is 0 Å². The standard InChI is InChI=1S/C24H18N2O2S2/c1-15-23(16-9-11-17(27-2)12-10-16)26-24(30-15)25-19-14-21(22-8-5-13-29-22)28-20-7-4-3-6-18(19)20/h3-14H,1-2H3/b25-19+. The van der Waals surface area contributed by atoms with E-state index < -0.39 is 0 Å². The van der Waals surface area contributed by atoms with Gasteiger partial charge in [-0.2, -0.15) is 0 Å². The molecule has 0 aliphatic heterocycles. The minimum atomic E-state index is 0.729. The van der Waals surface area contributed by atoms with Crippen LogP contribution in [-0.4, -0.2) is 12.1 Å². The van der Waals surface area contributed by atoms with Crippen molar-refractivity contribution in [2.45, 2.75) is 6.92 Å². The highest BCUT2D eigenvalue weighted by Crippen LogP contribution is 2.33. The Hall–Kier alpha value is -3.22. The maximum absolute atomic E-state index is 6.13. The second-order valence-electron chi connectivity index (χ2n) is 6.71. The minimum Gasteiger partial charge on any atom is -0.497 e. The van der Waals surface area contributed by atoms with Crippen LogP contribution >= 0.6 is 22.7 Å². The molecule has 4 nitrogen and oxygen atoms in total. The van der Waals surface area contributed by atoms with Crippen LogP contribution in [0.1, 0.15) is 4.88 Å². The highest BCUT2D eigenvalue weighted by atomic mass is 32.1. The summed E-state index contributed by atoms with van der Waals surface area (Å²) in [5.41, 5.74) is 2.81. The zero-order valence-corrected chi connectivity index (χ0v) is 18.1. The number of rotatable bonds is 4. The third kappa shape index (κ3) is 3.56. The van der Waals surface area contributed by atoms with E-state index in [1.807, 2.05) is 66.0 Å². The predicted molar refractivity (Wildman–Crippen MR) is 124 cm³/mol. The van der Waals surface area contributed by atoms with E-state index in [-0.39, 0.29) is 0 Å². The molecule has 0 fully saturated rings. The van der Waals surface area contributed by atoms with Crippen molar-refractivity contribution in [2.75, 3.05) is 7.11 Å². The van der Waals surface area contributed by atoms with Gasteiger partial charge in [-0.1, -0.05) is 29.5 Å². The second kappa shape index (κ2) is 7.89. The van der Waals surface area contributed by atoms with E-state index in [4.69, 9.17) is 19.1 Å². The number of para-hydroxylation sites is 1. The summed E-state index contributed by atoms with van der Waals surface area (Å²) in [7, 11) is 1.67. The topological polar surface area (TPSA) is 47.6 Å². The number of ether oxygens (including phenoxy) is 1. The summed E-state index contributed by atoms with van der Waals surface area (Å²) in [6.45, 7) is 2.08. The first-order chi connectivity index (χ1) is 14.7. The molecule has 0 amide bonds. The lowest BCUT2D eigenvalue weighted by Crippen LogP contribution is -2.02. The number of thiophene rings is 1. The lowest BCUT2D eigenvalue weighted by Gasteiger charge is -2.02. The van der Waals surface area contributed by atoms with E-state index in [1.54, 1.807) is 29.8 Å². The van der Waals surface area contributed by atoms with Crippen molar-refractivity contribution in [3.05, 3.63) is 82.3 Å². The fourth-order valence-corrected chi connectivity index (χ4v) is 4.79. The Kier molecular flexibility index (Phi) is 4.94. The van der Waals surface area contributed by atoms with Crippen LogP contribution in [0.25, 0.3) is 32.9 Å². The van der Waals surface area contributed by atoms with Gasteiger partial charge < -0.3 is 9.15 Å². The van der Waals surface area contributed by atoms with Crippen LogP contribution in [0.3, 0.4) is 0 Å². The van der Waals surface area contributed by atoms with Gasteiger partial charge in [0.15, 0.2) is 0 Å². The molecule has 0 saturated carbocycles. The van der Waals surface area contributed by atoms with Gasteiger partial charge in [-0.15, -0.1) is 11.3 Å². The summed E-state index contributed by atoms with van der Waals surface area (Å²) < 4.78 is 11.4. The molecule has 148 valence electrons. The Labute approximate surface area is 181 Å². The molecule has 0 spiro atoms. The lowest BCUT2D eigenvalue weighted by molar-refractivity contribution is 0.415. The van der Waals surface area contributed by atoms with Crippen molar-refractivity contribution in [2.24, 2.45) is 4.99 Å². The highest BCUT2D eigenvalue weighted by Gasteiger charge is 2.11. The molecule has 0 atom stereocenters. The highest BCUT2D eigenvalue weighted by molar-refractivity contribution is 7.15. The number of nitrogens with zero attached hydrogens (tertiary/aromatic N) is 2. The van der Waals surface area contributed by atoms with Crippen molar-refractivity contribution >= 4 is 38.8 Å². The van der Waals surface area contributed by atoms with Gasteiger partial charge in [-0.3, -0.25) is 0 Å². The first kappa shape index (κ1) is 18.8. The van der Waals surface area contributed by atoms with Gasteiger partial charge in [0.1, 0.15) is 17.1 Å². The van der Waals surface area contributed by atoms with Gasteiger partial charge in [0.2, 0.25) is 5.13 Å². The van der Waals surface area contributed by atoms with Crippen molar-refractivity contribution in [3.63, 3.8) is 0 Å². The summed E-state index contributed by atoms with van der Waals surface area (Å²) in [6.07, 6.45) is 0. The SMILES string of the molecule is COc1ccc(-c2nc(/N=c3\cc(-c4cccs4)oc4ccccc34)sc2C)cc1. The number of fused-ring (bicyclic) bond motifs is 1. The maximum Gasteiger partial charge on any atom is 0.210 e.